The maximum Gasteiger partial charge on any atom is 0.221 e. The van der Waals surface area contributed by atoms with Crippen LogP contribution in [-0.4, -0.2) is 49.7 Å². The molecule has 0 heterocycles. The van der Waals surface area contributed by atoms with Gasteiger partial charge in [0.25, 0.3) is 0 Å². The van der Waals surface area contributed by atoms with Gasteiger partial charge in [-0.2, -0.15) is 0 Å². The summed E-state index contributed by atoms with van der Waals surface area (Å²) in [4.78, 5) is 12.8. The molecule has 4 nitrogen and oxygen atoms in total. The van der Waals surface area contributed by atoms with Crippen molar-refractivity contribution in [3.63, 3.8) is 0 Å². The Morgan fingerprint density at radius 3 is 2.64 bits per heavy atom. The molecular weight excluding hydrogens is 144 g/mol. The van der Waals surface area contributed by atoms with E-state index in [9.17, 15) is 4.79 Å². The highest BCUT2D eigenvalue weighted by Crippen LogP contribution is 1.82. The molecule has 0 unspecified atom stereocenters. The highest BCUT2D eigenvalue weighted by atomic mass is 16.3. The summed E-state index contributed by atoms with van der Waals surface area (Å²) in [6, 6.07) is 0. The SMILES string of the molecule is CN(C)CCC(=O)NCCO. The molecule has 0 spiro atoms. The average molecular weight is 160 g/mol. The first kappa shape index (κ1) is 10.4. The number of carbonyl (C=O) groups is 1. The lowest BCUT2D eigenvalue weighted by atomic mass is 10.4. The van der Waals surface area contributed by atoms with Crippen molar-refractivity contribution in [2.45, 2.75) is 6.42 Å². The number of hydrogen-bond donors (Lipinski definition) is 2. The second kappa shape index (κ2) is 6.12. The molecule has 4 heteroatoms. The minimum Gasteiger partial charge on any atom is -0.395 e. The molecule has 66 valence electrons. The van der Waals surface area contributed by atoms with E-state index in [2.05, 4.69) is 5.32 Å². The zero-order valence-electron chi connectivity index (χ0n) is 7.13. The van der Waals surface area contributed by atoms with Gasteiger partial charge in [0.1, 0.15) is 0 Å². The highest BCUT2D eigenvalue weighted by Gasteiger charge is 1.99. The van der Waals surface area contributed by atoms with Crippen molar-refractivity contribution in [2.75, 3.05) is 33.8 Å². The van der Waals surface area contributed by atoms with Crippen molar-refractivity contribution >= 4 is 5.91 Å². The second-order valence-electron chi connectivity index (χ2n) is 2.63. The van der Waals surface area contributed by atoms with Crippen LogP contribution >= 0.6 is 0 Å². The van der Waals surface area contributed by atoms with Crippen LogP contribution in [0.5, 0.6) is 0 Å². The first-order chi connectivity index (χ1) is 5.16. The van der Waals surface area contributed by atoms with E-state index in [1.165, 1.54) is 0 Å². The van der Waals surface area contributed by atoms with E-state index in [0.29, 0.717) is 13.0 Å². The van der Waals surface area contributed by atoms with Crippen LogP contribution in [0.15, 0.2) is 0 Å². The molecule has 1 amide bonds. The van der Waals surface area contributed by atoms with Crippen molar-refractivity contribution in [1.82, 2.24) is 10.2 Å². The van der Waals surface area contributed by atoms with E-state index in [-0.39, 0.29) is 12.5 Å². The minimum absolute atomic E-state index is 0.00671. The zero-order valence-corrected chi connectivity index (χ0v) is 7.13. The highest BCUT2D eigenvalue weighted by molar-refractivity contribution is 5.75. The molecule has 0 bridgehead atoms. The zero-order chi connectivity index (χ0) is 8.69. The summed E-state index contributed by atoms with van der Waals surface area (Å²) < 4.78 is 0. The Hall–Kier alpha value is -0.610. The molecule has 0 aromatic carbocycles. The van der Waals surface area contributed by atoms with Gasteiger partial charge >= 0.3 is 0 Å². The fraction of sp³-hybridized carbons (Fsp3) is 0.857. The van der Waals surface area contributed by atoms with E-state index in [4.69, 9.17) is 5.11 Å². The molecule has 0 radical (unpaired) electrons. The quantitative estimate of drug-likeness (QED) is 0.545. The summed E-state index contributed by atoms with van der Waals surface area (Å²) in [5.74, 6) is -0.00671. The molecule has 0 fully saturated rings. The van der Waals surface area contributed by atoms with Gasteiger partial charge in [-0.15, -0.1) is 0 Å². The molecule has 2 N–H and O–H groups in total. The molecule has 0 aliphatic carbocycles. The normalized spacial score (nSPS) is 10.2. The summed E-state index contributed by atoms with van der Waals surface area (Å²) in [5.41, 5.74) is 0. The van der Waals surface area contributed by atoms with Gasteiger partial charge in [-0.3, -0.25) is 4.79 Å². The predicted molar refractivity (Wildman–Crippen MR) is 43.3 cm³/mol. The number of amides is 1. The maximum absolute atomic E-state index is 10.9. The van der Waals surface area contributed by atoms with Crippen LogP contribution < -0.4 is 5.32 Å². The van der Waals surface area contributed by atoms with Crippen LogP contribution in [0, 0.1) is 0 Å². The van der Waals surface area contributed by atoms with E-state index in [1.54, 1.807) is 0 Å². The van der Waals surface area contributed by atoms with Crippen LogP contribution in [0.4, 0.5) is 0 Å². The number of nitrogens with one attached hydrogen (secondary N) is 1. The molecule has 0 aromatic rings. The Labute approximate surface area is 67.2 Å². The molecule has 11 heavy (non-hydrogen) atoms. The maximum atomic E-state index is 10.9. The third-order valence-electron chi connectivity index (χ3n) is 1.22. The summed E-state index contributed by atoms with van der Waals surface area (Å²) >= 11 is 0. The number of nitrogens with zero attached hydrogens (tertiary/aromatic N) is 1. The molecule has 0 atom stereocenters. The Morgan fingerprint density at radius 2 is 2.18 bits per heavy atom. The average Bonchev–Trinajstić information content (AvgIpc) is 1.97. The molecule has 0 saturated carbocycles. The van der Waals surface area contributed by atoms with Gasteiger partial charge in [-0.25, -0.2) is 0 Å². The first-order valence-corrected chi connectivity index (χ1v) is 3.69. The predicted octanol–water partition coefficient (Wildman–Crippen LogP) is -0.953. The lowest BCUT2D eigenvalue weighted by Gasteiger charge is -2.08. The van der Waals surface area contributed by atoms with E-state index >= 15 is 0 Å². The molecule has 0 aromatic heterocycles. The standard InChI is InChI=1S/C7H16N2O2/c1-9(2)5-3-7(11)8-4-6-10/h10H,3-6H2,1-2H3,(H,8,11). The lowest BCUT2D eigenvalue weighted by Crippen LogP contribution is -2.29. The molecule has 0 aliphatic heterocycles. The second-order valence-corrected chi connectivity index (χ2v) is 2.63. The van der Waals surface area contributed by atoms with Gasteiger partial charge in [-0.05, 0) is 14.1 Å². The van der Waals surface area contributed by atoms with Crippen LogP contribution in [0.1, 0.15) is 6.42 Å². The van der Waals surface area contributed by atoms with Crippen molar-refractivity contribution in [3.8, 4) is 0 Å². The smallest absolute Gasteiger partial charge is 0.221 e. The fourth-order valence-electron chi connectivity index (χ4n) is 0.609. The van der Waals surface area contributed by atoms with Gasteiger partial charge in [0.2, 0.25) is 5.91 Å². The van der Waals surface area contributed by atoms with Gasteiger partial charge < -0.3 is 15.3 Å². The molecular formula is C7H16N2O2. The number of aliphatic hydroxyl groups excluding tert-OH is 1. The fourth-order valence-corrected chi connectivity index (χ4v) is 0.609. The van der Waals surface area contributed by atoms with Gasteiger partial charge in [0.15, 0.2) is 0 Å². The third kappa shape index (κ3) is 7.29. The first-order valence-electron chi connectivity index (χ1n) is 3.69. The van der Waals surface area contributed by atoms with Gasteiger partial charge in [0, 0.05) is 19.5 Å². The van der Waals surface area contributed by atoms with Gasteiger partial charge in [0.05, 0.1) is 6.61 Å². The summed E-state index contributed by atoms with van der Waals surface area (Å²) in [6.45, 7) is 1.11. The van der Waals surface area contributed by atoms with Crippen molar-refractivity contribution in [1.29, 1.82) is 0 Å². The van der Waals surface area contributed by atoms with Crippen LogP contribution in [0.25, 0.3) is 0 Å². The monoisotopic (exact) mass is 160 g/mol. The Balaban J connectivity index is 3.23. The van der Waals surface area contributed by atoms with Crippen molar-refractivity contribution in [2.24, 2.45) is 0 Å². The van der Waals surface area contributed by atoms with E-state index < -0.39 is 0 Å². The molecule has 0 aliphatic rings. The molecule has 0 saturated heterocycles. The summed E-state index contributed by atoms with van der Waals surface area (Å²) in [5, 5.41) is 10.9. The van der Waals surface area contributed by atoms with E-state index in [1.807, 2.05) is 19.0 Å². The van der Waals surface area contributed by atoms with Gasteiger partial charge in [-0.1, -0.05) is 0 Å². The van der Waals surface area contributed by atoms with Crippen molar-refractivity contribution < 1.29 is 9.90 Å². The Morgan fingerprint density at radius 1 is 1.55 bits per heavy atom. The van der Waals surface area contributed by atoms with Crippen LogP contribution in [0.2, 0.25) is 0 Å². The lowest BCUT2D eigenvalue weighted by molar-refractivity contribution is -0.121. The number of rotatable bonds is 5. The topological polar surface area (TPSA) is 52.6 Å². The molecule has 0 rings (SSSR count). The van der Waals surface area contributed by atoms with Crippen LogP contribution in [-0.2, 0) is 4.79 Å². The minimum atomic E-state index is -0.00671. The summed E-state index contributed by atoms with van der Waals surface area (Å²) in [7, 11) is 3.83. The Kier molecular flexibility index (Phi) is 5.78. The number of hydrogen-bond acceptors (Lipinski definition) is 3. The number of aliphatic hydroxyl groups is 1. The van der Waals surface area contributed by atoms with Crippen molar-refractivity contribution in [3.05, 3.63) is 0 Å². The third-order valence-corrected chi connectivity index (χ3v) is 1.22. The van der Waals surface area contributed by atoms with E-state index in [0.717, 1.165) is 6.54 Å². The largest absolute Gasteiger partial charge is 0.395 e. The Bertz CT molecular complexity index is 115. The van der Waals surface area contributed by atoms with Crippen LogP contribution in [0.3, 0.4) is 0 Å². The summed E-state index contributed by atoms with van der Waals surface area (Å²) in [6.07, 6.45) is 0.493. The number of carbonyl (C=O) groups excluding carboxylic acids is 1.